The maximum atomic E-state index is 12.3. The molecule has 1 aliphatic rings. The van der Waals surface area contributed by atoms with Gasteiger partial charge in [-0.15, -0.1) is 0 Å². The average molecular weight is 266 g/mol. The standard InChI is InChI=1S/C15H26N2O2/c1-3-7-15(12-16,8-4-2)14(18)17-10-13-6-5-9-19-11-13/h13H,3-11H2,1-2H3,(H,17,18). The molecule has 1 atom stereocenters. The zero-order valence-corrected chi connectivity index (χ0v) is 12.2. The van der Waals surface area contributed by atoms with Crippen LogP contribution in [0.3, 0.4) is 0 Å². The van der Waals surface area contributed by atoms with Crippen LogP contribution in [0, 0.1) is 22.7 Å². The first kappa shape index (κ1) is 16.0. The van der Waals surface area contributed by atoms with E-state index in [1.54, 1.807) is 0 Å². The molecule has 0 aromatic heterocycles. The molecule has 1 rings (SSSR count). The van der Waals surface area contributed by atoms with E-state index >= 15 is 0 Å². The van der Waals surface area contributed by atoms with Gasteiger partial charge >= 0.3 is 0 Å². The lowest BCUT2D eigenvalue weighted by atomic mass is 9.79. The molecule has 1 fully saturated rings. The monoisotopic (exact) mass is 266 g/mol. The molecule has 1 saturated heterocycles. The van der Waals surface area contributed by atoms with Crippen molar-refractivity contribution in [1.29, 1.82) is 5.26 Å². The van der Waals surface area contributed by atoms with Crippen LogP contribution in [0.25, 0.3) is 0 Å². The van der Waals surface area contributed by atoms with Crippen molar-refractivity contribution in [3.05, 3.63) is 0 Å². The molecule has 1 unspecified atom stereocenters. The molecule has 19 heavy (non-hydrogen) atoms. The van der Waals surface area contributed by atoms with E-state index in [1.165, 1.54) is 0 Å². The van der Waals surface area contributed by atoms with Crippen molar-refractivity contribution in [1.82, 2.24) is 5.32 Å². The molecule has 0 bridgehead atoms. The first-order valence-electron chi connectivity index (χ1n) is 7.45. The Morgan fingerprint density at radius 2 is 2.11 bits per heavy atom. The highest BCUT2D eigenvalue weighted by molar-refractivity contribution is 5.85. The molecular weight excluding hydrogens is 240 g/mol. The van der Waals surface area contributed by atoms with Crippen LogP contribution in [0.15, 0.2) is 0 Å². The summed E-state index contributed by atoms with van der Waals surface area (Å²) in [4.78, 5) is 12.3. The number of carbonyl (C=O) groups excluding carboxylic acids is 1. The van der Waals surface area contributed by atoms with Gasteiger partial charge in [0.2, 0.25) is 5.91 Å². The zero-order chi connectivity index (χ0) is 14.1. The van der Waals surface area contributed by atoms with Crippen LogP contribution in [-0.4, -0.2) is 25.7 Å². The van der Waals surface area contributed by atoms with Gasteiger partial charge in [-0.25, -0.2) is 0 Å². The van der Waals surface area contributed by atoms with Gasteiger partial charge in [0.15, 0.2) is 0 Å². The smallest absolute Gasteiger partial charge is 0.240 e. The molecule has 0 spiro atoms. The maximum Gasteiger partial charge on any atom is 0.240 e. The van der Waals surface area contributed by atoms with Gasteiger partial charge in [0.1, 0.15) is 5.41 Å². The largest absolute Gasteiger partial charge is 0.381 e. The molecule has 1 aliphatic heterocycles. The average Bonchev–Trinajstić information content (AvgIpc) is 2.45. The van der Waals surface area contributed by atoms with Gasteiger partial charge in [0, 0.05) is 13.2 Å². The summed E-state index contributed by atoms with van der Waals surface area (Å²) in [6.07, 6.45) is 5.16. The molecule has 4 heteroatoms. The first-order valence-corrected chi connectivity index (χ1v) is 7.45. The second-order valence-electron chi connectivity index (χ2n) is 5.49. The maximum absolute atomic E-state index is 12.3. The molecule has 108 valence electrons. The van der Waals surface area contributed by atoms with Crippen LogP contribution in [0.1, 0.15) is 52.4 Å². The van der Waals surface area contributed by atoms with Gasteiger partial charge in [-0.1, -0.05) is 26.7 Å². The van der Waals surface area contributed by atoms with Crippen LogP contribution >= 0.6 is 0 Å². The van der Waals surface area contributed by atoms with Gasteiger partial charge in [-0.3, -0.25) is 4.79 Å². The minimum atomic E-state index is -0.834. The molecule has 4 nitrogen and oxygen atoms in total. The number of nitrogens with one attached hydrogen (secondary N) is 1. The Hall–Kier alpha value is -1.08. The Kier molecular flexibility index (Phi) is 6.86. The topological polar surface area (TPSA) is 62.1 Å². The van der Waals surface area contributed by atoms with Crippen LogP contribution in [0.4, 0.5) is 0 Å². The Morgan fingerprint density at radius 3 is 2.58 bits per heavy atom. The van der Waals surface area contributed by atoms with Crippen LogP contribution in [-0.2, 0) is 9.53 Å². The molecule has 1 heterocycles. The lowest BCUT2D eigenvalue weighted by Crippen LogP contribution is -2.43. The third-order valence-electron chi connectivity index (χ3n) is 3.81. The summed E-state index contributed by atoms with van der Waals surface area (Å²) in [5, 5.41) is 12.4. The number of nitrogens with zero attached hydrogens (tertiary/aromatic N) is 1. The predicted molar refractivity (Wildman–Crippen MR) is 74.4 cm³/mol. The van der Waals surface area contributed by atoms with Gasteiger partial charge in [-0.2, -0.15) is 5.26 Å². The lowest BCUT2D eigenvalue weighted by molar-refractivity contribution is -0.129. The number of rotatable bonds is 7. The number of nitriles is 1. The summed E-state index contributed by atoms with van der Waals surface area (Å²) >= 11 is 0. The highest BCUT2D eigenvalue weighted by Crippen LogP contribution is 2.29. The number of carbonyl (C=O) groups is 1. The summed E-state index contributed by atoms with van der Waals surface area (Å²) in [6, 6.07) is 2.26. The summed E-state index contributed by atoms with van der Waals surface area (Å²) in [5.74, 6) is 0.307. The van der Waals surface area contributed by atoms with E-state index in [0.717, 1.165) is 38.9 Å². The SMILES string of the molecule is CCCC(C#N)(CCC)C(=O)NCC1CCCOC1. The van der Waals surface area contributed by atoms with Crippen LogP contribution < -0.4 is 5.32 Å². The zero-order valence-electron chi connectivity index (χ0n) is 12.2. The van der Waals surface area contributed by atoms with Crippen molar-refractivity contribution in [3.8, 4) is 6.07 Å². The molecule has 0 aliphatic carbocycles. The summed E-state index contributed by atoms with van der Waals surface area (Å²) in [7, 11) is 0. The summed E-state index contributed by atoms with van der Waals surface area (Å²) in [6.45, 7) is 6.23. The third-order valence-corrected chi connectivity index (χ3v) is 3.81. The Labute approximate surface area is 116 Å². The summed E-state index contributed by atoms with van der Waals surface area (Å²) < 4.78 is 5.41. The fourth-order valence-corrected chi connectivity index (χ4v) is 2.74. The van der Waals surface area contributed by atoms with Crippen LogP contribution in [0.5, 0.6) is 0 Å². The quantitative estimate of drug-likeness (QED) is 0.770. The highest BCUT2D eigenvalue weighted by atomic mass is 16.5. The second kappa shape index (κ2) is 8.16. The fraction of sp³-hybridized carbons (Fsp3) is 0.867. The molecule has 0 aromatic rings. The molecule has 1 amide bonds. The fourth-order valence-electron chi connectivity index (χ4n) is 2.74. The van der Waals surface area contributed by atoms with E-state index in [2.05, 4.69) is 11.4 Å². The van der Waals surface area contributed by atoms with Crippen molar-refractivity contribution in [3.63, 3.8) is 0 Å². The van der Waals surface area contributed by atoms with Crippen LogP contribution in [0.2, 0.25) is 0 Å². The minimum Gasteiger partial charge on any atom is -0.381 e. The van der Waals surface area contributed by atoms with Gasteiger partial charge in [-0.05, 0) is 31.6 Å². The highest BCUT2D eigenvalue weighted by Gasteiger charge is 2.37. The molecule has 0 radical (unpaired) electrons. The van der Waals surface area contributed by atoms with Crippen molar-refractivity contribution in [2.45, 2.75) is 52.4 Å². The molecule has 0 aromatic carbocycles. The summed E-state index contributed by atoms with van der Waals surface area (Å²) in [5.41, 5.74) is -0.834. The third kappa shape index (κ3) is 4.50. The van der Waals surface area contributed by atoms with Crippen molar-refractivity contribution in [2.75, 3.05) is 19.8 Å². The number of ether oxygens (including phenoxy) is 1. The van der Waals surface area contributed by atoms with Gasteiger partial charge in [0.05, 0.1) is 12.7 Å². The normalized spacial score (nSPS) is 19.7. The minimum absolute atomic E-state index is 0.0933. The lowest BCUT2D eigenvalue weighted by Gasteiger charge is -2.27. The van der Waals surface area contributed by atoms with E-state index in [4.69, 9.17) is 4.74 Å². The van der Waals surface area contributed by atoms with Gasteiger partial charge < -0.3 is 10.1 Å². The van der Waals surface area contributed by atoms with Crippen molar-refractivity contribution in [2.24, 2.45) is 11.3 Å². The van der Waals surface area contributed by atoms with E-state index < -0.39 is 5.41 Å². The second-order valence-corrected chi connectivity index (χ2v) is 5.49. The Balaban J connectivity index is 2.53. The predicted octanol–water partition coefficient (Wildman–Crippen LogP) is 2.64. The van der Waals surface area contributed by atoms with E-state index in [0.29, 0.717) is 25.3 Å². The molecule has 0 saturated carbocycles. The molecular formula is C15H26N2O2. The van der Waals surface area contributed by atoms with E-state index in [1.807, 2.05) is 13.8 Å². The van der Waals surface area contributed by atoms with Gasteiger partial charge in [0.25, 0.3) is 0 Å². The van der Waals surface area contributed by atoms with E-state index in [-0.39, 0.29) is 5.91 Å². The number of hydrogen-bond acceptors (Lipinski definition) is 3. The number of amides is 1. The van der Waals surface area contributed by atoms with Crippen molar-refractivity contribution < 1.29 is 9.53 Å². The van der Waals surface area contributed by atoms with E-state index in [9.17, 15) is 10.1 Å². The Morgan fingerprint density at radius 1 is 1.42 bits per heavy atom. The van der Waals surface area contributed by atoms with Crippen molar-refractivity contribution >= 4 is 5.91 Å². The molecule has 1 N–H and O–H groups in total. The number of hydrogen-bond donors (Lipinski definition) is 1. The first-order chi connectivity index (χ1) is 9.18. The Bertz CT molecular complexity index is 311.